The topological polar surface area (TPSA) is 12.0 Å². The summed E-state index contributed by atoms with van der Waals surface area (Å²) in [6.07, 6.45) is 3.33. The molecule has 1 N–H and O–H groups in total. The minimum absolute atomic E-state index is 0.991. The molecule has 19 heavy (non-hydrogen) atoms. The molecule has 0 aromatic heterocycles. The smallest absolute Gasteiger partial charge is 0.00401 e. The number of benzene rings is 2. The Kier molecular flexibility index (Phi) is 5.49. The van der Waals surface area contributed by atoms with Gasteiger partial charge in [0.05, 0.1) is 0 Å². The Bertz CT molecular complexity index is 488. The SMILES string of the molecule is CNCCCc1ccc(Cc2ccc(S)cc2)cc1. The molecule has 0 aliphatic carbocycles. The summed E-state index contributed by atoms with van der Waals surface area (Å²) in [7, 11) is 2.00. The van der Waals surface area contributed by atoms with Crippen LogP contribution in [0.2, 0.25) is 0 Å². The highest BCUT2D eigenvalue weighted by molar-refractivity contribution is 7.80. The molecule has 2 heteroatoms. The number of rotatable bonds is 6. The van der Waals surface area contributed by atoms with Crippen molar-refractivity contribution in [1.29, 1.82) is 0 Å². The summed E-state index contributed by atoms with van der Waals surface area (Å²) in [5.74, 6) is 0. The molecule has 0 bridgehead atoms. The van der Waals surface area contributed by atoms with E-state index in [9.17, 15) is 0 Å². The van der Waals surface area contributed by atoms with Gasteiger partial charge in [0.2, 0.25) is 0 Å². The van der Waals surface area contributed by atoms with E-state index < -0.39 is 0 Å². The van der Waals surface area contributed by atoms with Crippen molar-refractivity contribution in [3.63, 3.8) is 0 Å². The van der Waals surface area contributed by atoms with E-state index in [1.165, 1.54) is 23.1 Å². The van der Waals surface area contributed by atoms with Crippen molar-refractivity contribution in [2.45, 2.75) is 24.2 Å². The lowest BCUT2D eigenvalue weighted by Crippen LogP contribution is -2.08. The molecule has 0 aliphatic heterocycles. The van der Waals surface area contributed by atoms with E-state index in [-0.39, 0.29) is 0 Å². The van der Waals surface area contributed by atoms with Gasteiger partial charge in [-0.2, -0.15) is 0 Å². The second-order valence-corrected chi connectivity index (χ2v) is 5.38. The molecule has 1 nitrogen and oxygen atoms in total. The first-order chi connectivity index (χ1) is 9.28. The van der Waals surface area contributed by atoms with Crippen LogP contribution in [0.5, 0.6) is 0 Å². The van der Waals surface area contributed by atoms with Gasteiger partial charge in [-0.05, 0) is 61.7 Å². The van der Waals surface area contributed by atoms with Crippen LogP contribution in [0.1, 0.15) is 23.1 Å². The molecule has 0 saturated carbocycles. The van der Waals surface area contributed by atoms with E-state index in [1.54, 1.807) is 0 Å². The highest BCUT2D eigenvalue weighted by atomic mass is 32.1. The first kappa shape index (κ1) is 14.2. The Morgan fingerprint density at radius 1 is 0.842 bits per heavy atom. The van der Waals surface area contributed by atoms with Crippen LogP contribution in [-0.4, -0.2) is 13.6 Å². The maximum Gasteiger partial charge on any atom is 0.00401 e. The molecular formula is C17H21NS. The monoisotopic (exact) mass is 271 g/mol. The van der Waals surface area contributed by atoms with Gasteiger partial charge in [0.25, 0.3) is 0 Å². The zero-order chi connectivity index (χ0) is 13.5. The Morgan fingerprint density at radius 3 is 1.95 bits per heavy atom. The zero-order valence-electron chi connectivity index (χ0n) is 11.4. The van der Waals surface area contributed by atoms with Crippen molar-refractivity contribution in [3.05, 3.63) is 65.2 Å². The molecule has 100 valence electrons. The third-order valence-corrected chi connectivity index (χ3v) is 3.56. The van der Waals surface area contributed by atoms with E-state index in [0.717, 1.165) is 24.3 Å². The average Bonchev–Trinajstić information content (AvgIpc) is 2.44. The number of nitrogens with one attached hydrogen (secondary N) is 1. The standard InChI is InChI=1S/C17H21NS/c1-18-12-2-3-14-4-6-15(7-5-14)13-16-8-10-17(19)11-9-16/h4-11,18-19H,2-3,12-13H2,1H3. The van der Waals surface area contributed by atoms with Crippen LogP contribution in [0.15, 0.2) is 53.4 Å². The van der Waals surface area contributed by atoms with Crippen LogP contribution in [0, 0.1) is 0 Å². The lowest BCUT2D eigenvalue weighted by molar-refractivity contribution is 0.724. The van der Waals surface area contributed by atoms with E-state index in [4.69, 9.17) is 0 Å². The largest absolute Gasteiger partial charge is 0.320 e. The Labute approximate surface area is 121 Å². The van der Waals surface area contributed by atoms with Crippen LogP contribution in [-0.2, 0) is 12.8 Å². The molecule has 2 rings (SSSR count). The molecule has 2 aromatic rings. The summed E-state index contributed by atoms with van der Waals surface area (Å²) in [5, 5.41) is 3.18. The van der Waals surface area contributed by atoms with Crippen LogP contribution in [0.25, 0.3) is 0 Å². The van der Waals surface area contributed by atoms with Gasteiger partial charge in [-0.1, -0.05) is 36.4 Å². The molecule has 0 unspecified atom stereocenters. The fourth-order valence-electron chi connectivity index (χ4n) is 2.14. The number of thiol groups is 1. The number of aryl methyl sites for hydroxylation is 1. The summed E-state index contributed by atoms with van der Waals surface area (Å²) in [6, 6.07) is 17.4. The van der Waals surface area contributed by atoms with Crippen LogP contribution in [0.4, 0.5) is 0 Å². The third-order valence-electron chi connectivity index (χ3n) is 3.26. The molecule has 0 amide bonds. The van der Waals surface area contributed by atoms with Gasteiger partial charge in [-0.25, -0.2) is 0 Å². The predicted octanol–water partition coefficient (Wildman–Crippen LogP) is 3.72. The first-order valence-electron chi connectivity index (χ1n) is 6.78. The Hall–Kier alpha value is -1.25. The van der Waals surface area contributed by atoms with E-state index in [0.29, 0.717) is 0 Å². The average molecular weight is 271 g/mol. The molecule has 0 spiro atoms. The lowest BCUT2D eigenvalue weighted by atomic mass is 10.0. The highest BCUT2D eigenvalue weighted by Gasteiger charge is 1.98. The van der Waals surface area contributed by atoms with Crippen molar-refractivity contribution in [1.82, 2.24) is 5.32 Å². The van der Waals surface area contributed by atoms with Gasteiger partial charge in [-0.15, -0.1) is 12.6 Å². The Morgan fingerprint density at radius 2 is 1.37 bits per heavy atom. The van der Waals surface area contributed by atoms with Gasteiger partial charge in [-0.3, -0.25) is 0 Å². The molecular weight excluding hydrogens is 250 g/mol. The van der Waals surface area contributed by atoms with Gasteiger partial charge in [0.15, 0.2) is 0 Å². The van der Waals surface area contributed by atoms with Crippen molar-refractivity contribution in [2.24, 2.45) is 0 Å². The second kappa shape index (κ2) is 7.37. The fourth-order valence-corrected chi connectivity index (χ4v) is 2.29. The third kappa shape index (κ3) is 4.73. The highest BCUT2D eigenvalue weighted by Crippen LogP contribution is 2.14. The van der Waals surface area contributed by atoms with Gasteiger partial charge < -0.3 is 5.32 Å². The summed E-state index contributed by atoms with van der Waals surface area (Å²) in [6.45, 7) is 1.08. The van der Waals surface area contributed by atoms with E-state index >= 15 is 0 Å². The van der Waals surface area contributed by atoms with Crippen molar-refractivity contribution in [3.8, 4) is 0 Å². The summed E-state index contributed by atoms with van der Waals surface area (Å²) < 4.78 is 0. The molecule has 0 heterocycles. The van der Waals surface area contributed by atoms with E-state index in [2.05, 4.69) is 54.3 Å². The maximum absolute atomic E-state index is 4.31. The second-order valence-electron chi connectivity index (χ2n) is 4.87. The first-order valence-corrected chi connectivity index (χ1v) is 7.23. The van der Waals surface area contributed by atoms with Gasteiger partial charge in [0, 0.05) is 4.90 Å². The summed E-state index contributed by atoms with van der Waals surface area (Å²) >= 11 is 4.31. The van der Waals surface area contributed by atoms with Gasteiger partial charge >= 0.3 is 0 Å². The van der Waals surface area contributed by atoms with Crippen LogP contribution >= 0.6 is 12.6 Å². The minimum atomic E-state index is 0.991. The fraction of sp³-hybridized carbons (Fsp3) is 0.294. The predicted molar refractivity (Wildman–Crippen MR) is 85.2 cm³/mol. The zero-order valence-corrected chi connectivity index (χ0v) is 12.3. The Balaban J connectivity index is 1.92. The number of hydrogen-bond donors (Lipinski definition) is 2. The van der Waals surface area contributed by atoms with Crippen molar-refractivity contribution in [2.75, 3.05) is 13.6 Å². The molecule has 0 radical (unpaired) electrons. The quantitative estimate of drug-likeness (QED) is 0.603. The molecule has 0 atom stereocenters. The molecule has 2 aromatic carbocycles. The van der Waals surface area contributed by atoms with E-state index in [1.807, 2.05) is 19.2 Å². The number of hydrogen-bond acceptors (Lipinski definition) is 2. The summed E-state index contributed by atoms with van der Waals surface area (Å²) in [4.78, 5) is 1.02. The van der Waals surface area contributed by atoms with Crippen LogP contribution in [0.3, 0.4) is 0 Å². The van der Waals surface area contributed by atoms with Crippen molar-refractivity contribution >= 4 is 12.6 Å². The normalized spacial score (nSPS) is 10.6. The van der Waals surface area contributed by atoms with Crippen molar-refractivity contribution < 1.29 is 0 Å². The molecule has 0 fully saturated rings. The summed E-state index contributed by atoms with van der Waals surface area (Å²) in [5.41, 5.74) is 4.12. The minimum Gasteiger partial charge on any atom is -0.320 e. The van der Waals surface area contributed by atoms with Crippen LogP contribution < -0.4 is 5.32 Å². The maximum atomic E-state index is 4.31. The van der Waals surface area contributed by atoms with Gasteiger partial charge in [0.1, 0.15) is 0 Å². The molecule has 0 aliphatic rings. The lowest BCUT2D eigenvalue weighted by Gasteiger charge is -2.05. The molecule has 0 saturated heterocycles.